The number of benzene rings is 3. The van der Waals surface area contributed by atoms with E-state index in [2.05, 4.69) is 20.9 Å². The lowest BCUT2D eigenvalue weighted by atomic mass is 9.77. The first-order chi connectivity index (χ1) is 25.5. The van der Waals surface area contributed by atoms with Gasteiger partial charge in [0.15, 0.2) is 10.7 Å². The highest BCUT2D eigenvalue weighted by atomic mass is 32.1. The van der Waals surface area contributed by atoms with Crippen molar-refractivity contribution in [1.82, 2.24) is 20.5 Å². The van der Waals surface area contributed by atoms with Crippen molar-refractivity contribution in [2.24, 2.45) is 0 Å². The number of nitrogens with one attached hydrogen (secondary N) is 3. The molecule has 7 N–H and O–H groups in total. The first-order valence-corrected chi connectivity index (χ1v) is 17.3. The number of ether oxygens (including phenoxy) is 2. The van der Waals surface area contributed by atoms with Crippen LogP contribution in [0, 0.1) is 0 Å². The number of hydrogen-bond acceptors (Lipinski definition) is 12. The highest BCUT2D eigenvalue weighted by molar-refractivity contribution is 7.80. The summed E-state index contributed by atoms with van der Waals surface area (Å²) < 4.78 is 12.1. The summed E-state index contributed by atoms with van der Waals surface area (Å²) in [6.45, 7) is 2.68. The molecule has 3 aliphatic heterocycles. The van der Waals surface area contributed by atoms with E-state index >= 15 is 0 Å². The molecule has 4 aromatic rings. The number of nitrogens with zero attached hydrogens (tertiary/aromatic N) is 3. The average molecular weight is 739 g/mol. The maximum Gasteiger partial charge on any atom is 0.490 e. The Morgan fingerprint density at radius 2 is 1.51 bits per heavy atom. The zero-order valence-corrected chi connectivity index (χ0v) is 29.1. The van der Waals surface area contributed by atoms with Crippen LogP contribution in [0.3, 0.4) is 0 Å². The smallest absolute Gasteiger partial charge is 0.490 e. The summed E-state index contributed by atoms with van der Waals surface area (Å²) in [7, 11) is -1.58. The first kappa shape index (κ1) is 35.5. The number of thiocarbonyl (C=S) groups is 1. The Bertz CT molecular complexity index is 2040. The van der Waals surface area contributed by atoms with Gasteiger partial charge in [0.2, 0.25) is 11.8 Å². The fourth-order valence-corrected chi connectivity index (χ4v) is 6.95. The molecule has 2 amide bonds. The Labute approximate surface area is 309 Å². The van der Waals surface area contributed by atoms with Crippen LogP contribution in [0.4, 0.5) is 11.5 Å². The van der Waals surface area contributed by atoms with Crippen molar-refractivity contribution in [2.75, 3.05) is 49.5 Å². The number of phenolic OH excluding ortho intramolecular Hbond substituents is 2. The zero-order valence-electron chi connectivity index (χ0n) is 28.2. The van der Waals surface area contributed by atoms with Crippen LogP contribution in [0.5, 0.6) is 23.0 Å². The van der Waals surface area contributed by atoms with E-state index in [0.717, 1.165) is 0 Å². The summed E-state index contributed by atoms with van der Waals surface area (Å²) in [5, 5.41) is 47.9. The molecule has 0 aliphatic carbocycles. The van der Waals surface area contributed by atoms with Gasteiger partial charge in [-0.25, -0.2) is 9.78 Å². The molecule has 4 heterocycles. The maximum absolute atomic E-state index is 13.4. The van der Waals surface area contributed by atoms with Gasteiger partial charge in [0.25, 0.3) is 0 Å². The third kappa shape index (κ3) is 7.13. The Morgan fingerprint density at radius 3 is 2.15 bits per heavy atom. The molecule has 3 aromatic carbocycles. The van der Waals surface area contributed by atoms with E-state index in [0.29, 0.717) is 71.9 Å². The van der Waals surface area contributed by atoms with Crippen LogP contribution in [-0.4, -0.2) is 99.4 Å². The van der Waals surface area contributed by atoms with Gasteiger partial charge >= 0.3 is 13.1 Å². The molecule has 3 aliphatic rings. The van der Waals surface area contributed by atoms with E-state index in [1.807, 2.05) is 4.90 Å². The van der Waals surface area contributed by atoms with Gasteiger partial charge in [-0.3, -0.25) is 9.59 Å². The van der Waals surface area contributed by atoms with Crippen LogP contribution < -0.4 is 31.0 Å². The standard InChI is InChI=1S/C36H35BN6O9S/c44-23-3-6-27-29(18-23)51-30-19-24(45)4-7-28(30)36(27)26-5-2-22(17-25(26)34(48)52-36)41-35(53)39-12-11-38-32(46)9-10-33(47)43-15-13-42(14-16-43)31-8-1-21(20-40-31)37(49)50/h1-8,17-20,44-45,49-50H,9-16H2,(H,38,46)(H2,39,41,53). The second kappa shape index (κ2) is 14.6. The molecule has 1 fully saturated rings. The summed E-state index contributed by atoms with van der Waals surface area (Å²) in [6.07, 6.45) is 1.54. The molecule has 0 radical (unpaired) electrons. The molecule has 0 atom stereocenters. The number of aromatic hydroxyl groups is 2. The molecule has 1 aromatic heterocycles. The predicted octanol–water partition coefficient (Wildman–Crippen LogP) is 1.27. The van der Waals surface area contributed by atoms with Gasteiger partial charge in [-0.15, -0.1) is 0 Å². The molecule has 0 bridgehead atoms. The maximum atomic E-state index is 13.4. The third-order valence-electron chi connectivity index (χ3n) is 9.36. The average Bonchev–Trinajstić information content (AvgIpc) is 3.43. The van der Waals surface area contributed by atoms with E-state index in [9.17, 15) is 34.6 Å². The Hall–Kier alpha value is -5.91. The molecule has 7 rings (SSSR count). The van der Waals surface area contributed by atoms with Gasteiger partial charge in [0, 0.05) is 98.3 Å². The highest BCUT2D eigenvalue weighted by Gasteiger charge is 2.53. The van der Waals surface area contributed by atoms with E-state index in [-0.39, 0.29) is 59.3 Å². The molecule has 1 spiro atoms. The van der Waals surface area contributed by atoms with Gasteiger partial charge in [-0.1, -0.05) is 12.1 Å². The van der Waals surface area contributed by atoms with Crippen molar-refractivity contribution in [3.63, 3.8) is 0 Å². The van der Waals surface area contributed by atoms with Crippen LogP contribution in [0.2, 0.25) is 0 Å². The molecule has 53 heavy (non-hydrogen) atoms. The summed E-state index contributed by atoms with van der Waals surface area (Å²) >= 11 is 5.44. The van der Waals surface area contributed by atoms with Gasteiger partial charge in [-0.05, 0) is 54.7 Å². The summed E-state index contributed by atoms with van der Waals surface area (Å²) in [4.78, 5) is 46.5. The molecular formula is C36H35BN6O9S. The Balaban J connectivity index is 0.877. The van der Waals surface area contributed by atoms with Gasteiger partial charge in [-0.2, -0.15) is 0 Å². The number of pyridine rings is 1. The monoisotopic (exact) mass is 738 g/mol. The number of phenols is 2. The number of amides is 2. The zero-order chi connectivity index (χ0) is 37.3. The van der Waals surface area contributed by atoms with Crippen LogP contribution in [0.1, 0.15) is 39.9 Å². The van der Waals surface area contributed by atoms with E-state index in [4.69, 9.17) is 21.7 Å². The number of carbonyl (C=O) groups excluding carboxylic acids is 3. The summed E-state index contributed by atoms with van der Waals surface area (Å²) in [5.74, 6) is 0.250. The molecule has 0 unspecified atom stereocenters. The fourth-order valence-electron chi connectivity index (χ4n) is 6.73. The predicted molar refractivity (Wildman–Crippen MR) is 197 cm³/mol. The van der Waals surface area contributed by atoms with Crippen LogP contribution >= 0.6 is 12.2 Å². The molecule has 17 heteroatoms. The van der Waals surface area contributed by atoms with Crippen LogP contribution in [0.25, 0.3) is 0 Å². The number of aromatic nitrogens is 1. The number of piperazine rings is 1. The largest absolute Gasteiger partial charge is 0.508 e. The lowest BCUT2D eigenvalue weighted by Crippen LogP contribution is -2.49. The lowest BCUT2D eigenvalue weighted by molar-refractivity contribution is -0.133. The third-order valence-corrected chi connectivity index (χ3v) is 9.60. The number of fused-ring (bicyclic) bond motifs is 6. The van der Waals surface area contributed by atoms with Crippen molar-refractivity contribution in [3.8, 4) is 23.0 Å². The lowest BCUT2D eigenvalue weighted by Gasteiger charge is -2.36. The summed E-state index contributed by atoms with van der Waals surface area (Å²) in [6, 6.07) is 17.6. The highest BCUT2D eigenvalue weighted by Crippen LogP contribution is 2.57. The van der Waals surface area contributed by atoms with E-state index < -0.39 is 18.7 Å². The van der Waals surface area contributed by atoms with Crippen molar-refractivity contribution in [2.45, 2.75) is 18.4 Å². The van der Waals surface area contributed by atoms with Gasteiger partial charge in [0.1, 0.15) is 28.8 Å². The van der Waals surface area contributed by atoms with Crippen molar-refractivity contribution in [1.29, 1.82) is 0 Å². The van der Waals surface area contributed by atoms with Gasteiger partial charge < -0.3 is 55.5 Å². The summed E-state index contributed by atoms with van der Waals surface area (Å²) in [5.41, 5.74) is 1.36. The minimum Gasteiger partial charge on any atom is -0.508 e. The number of anilines is 2. The number of carbonyl (C=O) groups is 3. The number of rotatable bonds is 9. The van der Waals surface area contributed by atoms with Crippen molar-refractivity contribution in [3.05, 3.63) is 95.2 Å². The van der Waals surface area contributed by atoms with Crippen molar-refractivity contribution >= 4 is 59.2 Å². The van der Waals surface area contributed by atoms with Crippen LogP contribution in [-0.2, 0) is 19.9 Å². The van der Waals surface area contributed by atoms with Crippen molar-refractivity contribution < 1.29 is 44.1 Å². The Kier molecular flexibility index (Phi) is 9.79. The molecule has 15 nitrogen and oxygen atoms in total. The topological polar surface area (TPSA) is 206 Å². The first-order valence-electron chi connectivity index (χ1n) is 16.9. The molecule has 1 saturated heterocycles. The van der Waals surface area contributed by atoms with E-state index in [1.54, 1.807) is 47.4 Å². The molecular weight excluding hydrogens is 703 g/mol. The molecule has 272 valence electrons. The minimum atomic E-state index is -1.58. The second-order valence-electron chi connectivity index (χ2n) is 12.7. The number of hydrogen-bond donors (Lipinski definition) is 7. The minimum absolute atomic E-state index is 0.0329. The van der Waals surface area contributed by atoms with E-state index in [1.165, 1.54) is 30.5 Å². The van der Waals surface area contributed by atoms with Gasteiger partial charge in [0.05, 0.1) is 5.56 Å². The Morgan fingerprint density at radius 1 is 0.849 bits per heavy atom. The quantitative estimate of drug-likeness (QED) is 0.0560. The molecule has 0 saturated carbocycles. The second-order valence-corrected chi connectivity index (χ2v) is 13.1. The SMILES string of the molecule is O=C(CCC(=O)N1CCN(c2ccc(B(O)O)cn2)CC1)NCCNC(=S)Nc1ccc2c(c1)C(=O)OC21c2ccc(O)cc2Oc2cc(O)ccc21. The van der Waals surface area contributed by atoms with Crippen LogP contribution in [0.15, 0.2) is 72.9 Å². The number of esters is 1. The fraction of sp³-hybridized carbons (Fsp3) is 0.250. The normalized spacial score (nSPS) is 15.0.